The molecule has 1 aliphatic heterocycles. The summed E-state index contributed by atoms with van der Waals surface area (Å²) in [6, 6.07) is 7.16. The standard InChI is InChI=1S/C14H17ClN2O3/c1-2-20-12-5-3-11(4-6-12)17-9-10(7-14(17)19)16-13(18)8-15/h3-6,10H,2,7-9H2,1H3,(H,16,18)/t10-/m1/s1. The van der Waals surface area contributed by atoms with Crippen molar-refractivity contribution in [2.75, 3.05) is 23.9 Å². The molecule has 1 aromatic carbocycles. The molecule has 1 heterocycles. The van der Waals surface area contributed by atoms with Gasteiger partial charge in [0.2, 0.25) is 11.8 Å². The first-order valence-corrected chi connectivity index (χ1v) is 7.06. The van der Waals surface area contributed by atoms with Crippen molar-refractivity contribution in [3.05, 3.63) is 24.3 Å². The predicted octanol–water partition coefficient (Wildman–Crippen LogP) is 1.55. The predicted molar refractivity (Wildman–Crippen MR) is 77.2 cm³/mol. The minimum atomic E-state index is -0.252. The molecular weight excluding hydrogens is 280 g/mol. The highest BCUT2D eigenvalue weighted by atomic mass is 35.5. The van der Waals surface area contributed by atoms with Crippen LogP contribution in [0, 0.1) is 0 Å². The second-order valence-corrected chi connectivity index (χ2v) is 4.80. The van der Waals surface area contributed by atoms with E-state index in [1.807, 2.05) is 31.2 Å². The number of benzene rings is 1. The zero-order valence-electron chi connectivity index (χ0n) is 11.3. The summed E-state index contributed by atoms with van der Waals surface area (Å²) in [5.74, 6) is 0.426. The van der Waals surface area contributed by atoms with E-state index in [0.717, 1.165) is 11.4 Å². The Hall–Kier alpha value is -1.75. The Morgan fingerprint density at radius 3 is 2.75 bits per heavy atom. The van der Waals surface area contributed by atoms with E-state index < -0.39 is 0 Å². The second kappa shape index (κ2) is 6.61. The average molecular weight is 297 g/mol. The van der Waals surface area contributed by atoms with Gasteiger partial charge in [0.25, 0.3) is 0 Å². The molecule has 0 radical (unpaired) electrons. The number of nitrogens with one attached hydrogen (secondary N) is 1. The van der Waals surface area contributed by atoms with Crippen molar-refractivity contribution >= 4 is 29.1 Å². The Labute approximate surface area is 122 Å². The van der Waals surface area contributed by atoms with Crippen LogP contribution < -0.4 is 15.0 Å². The minimum Gasteiger partial charge on any atom is -0.494 e. The van der Waals surface area contributed by atoms with E-state index in [-0.39, 0.29) is 23.7 Å². The normalized spacial score (nSPS) is 18.2. The van der Waals surface area contributed by atoms with E-state index in [2.05, 4.69) is 5.32 Å². The first-order chi connectivity index (χ1) is 9.63. The molecule has 1 saturated heterocycles. The molecule has 2 rings (SSSR count). The van der Waals surface area contributed by atoms with Gasteiger partial charge in [-0.15, -0.1) is 11.6 Å². The van der Waals surface area contributed by atoms with Gasteiger partial charge in [0, 0.05) is 18.7 Å². The second-order valence-electron chi connectivity index (χ2n) is 4.53. The molecule has 6 heteroatoms. The van der Waals surface area contributed by atoms with Gasteiger partial charge in [-0.2, -0.15) is 0 Å². The van der Waals surface area contributed by atoms with Gasteiger partial charge >= 0.3 is 0 Å². The fourth-order valence-corrected chi connectivity index (χ4v) is 2.29. The van der Waals surface area contributed by atoms with E-state index in [9.17, 15) is 9.59 Å². The van der Waals surface area contributed by atoms with Crippen LogP contribution >= 0.6 is 11.6 Å². The monoisotopic (exact) mass is 296 g/mol. The highest BCUT2D eigenvalue weighted by molar-refractivity contribution is 6.27. The highest BCUT2D eigenvalue weighted by Gasteiger charge is 2.31. The zero-order chi connectivity index (χ0) is 14.5. The Balaban J connectivity index is 2.02. The van der Waals surface area contributed by atoms with Crippen molar-refractivity contribution in [1.82, 2.24) is 5.32 Å². The van der Waals surface area contributed by atoms with Crippen LogP contribution in [0.3, 0.4) is 0 Å². The first-order valence-electron chi connectivity index (χ1n) is 6.52. The maximum atomic E-state index is 12.0. The molecule has 0 aliphatic carbocycles. The molecule has 1 aromatic rings. The summed E-state index contributed by atoms with van der Waals surface area (Å²) in [4.78, 5) is 24.9. The summed E-state index contributed by atoms with van der Waals surface area (Å²) in [7, 11) is 0. The van der Waals surface area contributed by atoms with Gasteiger partial charge in [0.1, 0.15) is 11.6 Å². The van der Waals surface area contributed by atoms with E-state index in [1.54, 1.807) is 4.90 Å². The van der Waals surface area contributed by atoms with Crippen molar-refractivity contribution in [1.29, 1.82) is 0 Å². The molecule has 20 heavy (non-hydrogen) atoms. The van der Waals surface area contributed by atoms with Gasteiger partial charge in [-0.3, -0.25) is 9.59 Å². The van der Waals surface area contributed by atoms with Crippen LogP contribution in [-0.4, -0.2) is 36.9 Å². The van der Waals surface area contributed by atoms with Gasteiger partial charge in [-0.05, 0) is 31.2 Å². The van der Waals surface area contributed by atoms with Crippen molar-refractivity contribution in [2.45, 2.75) is 19.4 Å². The number of rotatable bonds is 5. The topological polar surface area (TPSA) is 58.6 Å². The van der Waals surface area contributed by atoms with Crippen LogP contribution in [0.25, 0.3) is 0 Å². The lowest BCUT2D eigenvalue weighted by atomic mass is 10.2. The molecule has 1 atom stereocenters. The van der Waals surface area contributed by atoms with Crippen molar-refractivity contribution in [3.8, 4) is 5.75 Å². The van der Waals surface area contributed by atoms with Crippen LogP contribution in [0.4, 0.5) is 5.69 Å². The number of halogens is 1. The Morgan fingerprint density at radius 1 is 1.45 bits per heavy atom. The quantitative estimate of drug-likeness (QED) is 0.839. The minimum absolute atomic E-state index is 0.00553. The largest absolute Gasteiger partial charge is 0.494 e. The van der Waals surface area contributed by atoms with Crippen LogP contribution in [0.2, 0.25) is 0 Å². The van der Waals surface area contributed by atoms with Crippen molar-refractivity contribution < 1.29 is 14.3 Å². The number of amides is 2. The van der Waals surface area contributed by atoms with E-state index in [4.69, 9.17) is 16.3 Å². The van der Waals surface area contributed by atoms with Gasteiger partial charge in [-0.25, -0.2) is 0 Å². The third-order valence-corrected chi connectivity index (χ3v) is 3.31. The SMILES string of the molecule is CCOc1ccc(N2C[C@H](NC(=O)CCl)CC2=O)cc1. The lowest BCUT2D eigenvalue weighted by molar-refractivity contribution is -0.119. The van der Waals surface area contributed by atoms with Crippen LogP contribution in [0.15, 0.2) is 24.3 Å². The third kappa shape index (κ3) is 3.42. The molecule has 1 aliphatic rings. The van der Waals surface area contributed by atoms with Gasteiger partial charge in [0.05, 0.1) is 12.6 Å². The Kier molecular flexibility index (Phi) is 4.84. The van der Waals surface area contributed by atoms with Crippen molar-refractivity contribution in [3.63, 3.8) is 0 Å². The molecule has 0 bridgehead atoms. The van der Waals surface area contributed by atoms with E-state index >= 15 is 0 Å². The van der Waals surface area contributed by atoms with Gasteiger partial charge in [0.15, 0.2) is 0 Å². The number of hydrogen-bond acceptors (Lipinski definition) is 3. The van der Waals surface area contributed by atoms with E-state index in [1.165, 1.54) is 0 Å². The molecule has 1 N–H and O–H groups in total. The summed E-state index contributed by atoms with van der Waals surface area (Å²) in [5.41, 5.74) is 0.807. The summed E-state index contributed by atoms with van der Waals surface area (Å²) in [6.45, 7) is 2.99. The zero-order valence-corrected chi connectivity index (χ0v) is 12.0. The number of alkyl halides is 1. The van der Waals surface area contributed by atoms with Crippen molar-refractivity contribution in [2.24, 2.45) is 0 Å². The molecule has 108 valence electrons. The number of ether oxygens (including phenoxy) is 1. The third-order valence-electron chi connectivity index (χ3n) is 3.07. The smallest absolute Gasteiger partial charge is 0.235 e. The highest BCUT2D eigenvalue weighted by Crippen LogP contribution is 2.24. The van der Waals surface area contributed by atoms with Crippen LogP contribution in [0.1, 0.15) is 13.3 Å². The molecular formula is C14H17ClN2O3. The molecule has 5 nitrogen and oxygen atoms in total. The molecule has 0 unspecified atom stereocenters. The number of hydrogen-bond donors (Lipinski definition) is 1. The lowest BCUT2D eigenvalue weighted by Gasteiger charge is -2.17. The summed E-state index contributed by atoms with van der Waals surface area (Å²) < 4.78 is 5.36. The molecule has 1 fully saturated rings. The number of nitrogens with zero attached hydrogens (tertiary/aromatic N) is 1. The fourth-order valence-electron chi connectivity index (χ4n) is 2.21. The first kappa shape index (κ1) is 14.7. The number of carbonyl (C=O) groups is 2. The lowest BCUT2D eigenvalue weighted by Crippen LogP contribution is -2.37. The molecule has 0 spiro atoms. The van der Waals surface area contributed by atoms with E-state index in [0.29, 0.717) is 19.6 Å². The molecule has 0 aromatic heterocycles. The van der Waals surface area contributed by atoms with Crippen LogP contribution in [-0.2, 0) is 9.59 Å². The van der Waals surface area contributed by atoms with Gasteiger partial charge in [-0.1, -0.05) is 0 Å². The maximum absolute atomic E-state index is 12.0. The number of anilines is 1. The van der Waals surface area contributed by atoms with Crippen LogP contribution in [0.5, 0.6) is 5.75 Å². The fraction of sp³-hybridized carbons (Fsp3) is 0.429. The summed E-state index contributed by atoms with van der Waals surface area (Å²) in [5, 5.41) is 2.73. The summed E-state index contributed by atoms with van der Waals surface area (Å²) >= 11 is 5.44. The maximum Gasteiger partial charge on any atom is 0.235 e. The molecule has 0 saturated carbocycles. The van der Waals surface area contributed by atoms with Gasteiger partial charge < -0.3 is 15.0 Å². The Morgan fingerprint density at radius 2 is 2.15 bits per heavy atom. The summed E-state index contributed by atoms with van der Waals surface area (Å²) in [6.07, 6.45) is 0.301. The number of carbonyl (C=O) groups excluding carboxylic acids is 2. The average Bonchev–Trinajstić information content (AvgIpc) is 2.80. The molecule has 2 amide bonds. The Bertz CT molecular complexity index is 490.